The highest BCUT2D eigenvalue weighted by atomic mass is 16.3. The van der Waals surface area contributed by atoms with E-state index in [0.29, 0.717) is 6.04 Å². The van der Waals surface area contributed by atoms with E-state index >= 15 is 0 Å². The summed E-state index contributed by atoms with van der Waals surface area (Å²) >= 11 is 0. The van der Waals surface area contributed by atoms with Gasteiger partial charge < -0.3 is 10.4 Å². The van der Waals surface area contributed by atoms with Crippen molar-refractivity contribution in [2.24, 2.45) is 0 Å². The van der Waals surface area contributed by atoms with Crippen molar-refractivity contribution in [1.82, 2.24) is 5.32 Å². The molecule has 1 aliphatic rings. The minimum Gasteiger partial charge on any atom is -0.392 e. The van der Waals surface area contributed by atoms with Crippen molar-refractivity contribution in [3.63, 3.8) is 0 Å². The zero-order valence-electron chi connectivity index (χ0n) is 13.7. The first-order valence-electron chi connectivity index (χ1n) is 8.86. The van der Waals surface area contributed by atoms with E-state index in [0.717, 1.165) is 13.0 Å². The van der Waals surface area contributed by atoms with Crippen LogP contribution in [0.15, 0.2) is 60.7 Å². The van der Waals surface area contributed by atoms with Crippen LogP contribution in [-0.4, -0.2) is 23.8 Å². The van der Waals surface area contributed by atoms with E-state index < -0.39 is 0 Å². The quantitative estimate of drug-likeness (QED) is 0.871. The lowest BCUT2D eigenvalue weighted by atomic mass is 9.83. The molecule has 0 spiro atoms. The van der Waals surface area contributed by atoms with Gasteiger partial charge in [-0.1, -0.05) is 73.5 Å². The van der Waals surface area contributed by atoms with Gasteiger partial charge >= 0.3 is 0 Å². The molecule has 2 unspecified atom stereocenters. The Balaban J connectivity index is 1.80. The molecule has 1 aliphatic heterocycles. The molecule has 1 fully saturated rings. The third kappa shape index (κ3) is 4.43. The molecule has 2 atom stereocenters. The van der Waals surface area contributed by atoms with Gasteiger partial charge in [-0.05, 0) is 36.9 Å². The van der Waals surface area contributed by atoms with Gasteiger partial charge in [0.15, 0.2) is 0 Å². The van der Waals surface area contributed by atoms with Crippen LogP contribution in [0.2, 0.25) is 0 Å². The predicted octanol–water partition coefficient (Wildman–Crippen LogP) is 4.10. The molecule has 2 N–H and O–H groups in total. The number of rotatable bonds is 5. The van der Waals surface area contributed by atoms with E-state index in [1.54, 1.807) is 0 Å². The fourth-order valence-electron chi connectivity index (χ4n) is 3.69. The zero-order valence-corrected chi connectivity index (χ0v) is 13.7. The first kappa shape index (κ1) is 16.2. The second kappa shape index (κ2) is 8.28. The molecule has 23 heavy (non-hydrogen) atoms. The van der Waals surface area contributed by atoms with E-state index in [9.17, 15) is 5.11 Å². The Morgan fingerprint density at radius 2 is 1.48 bits per heavy atom. The fourth-order valence-corrected chi connectivity index (χ4v) is 3.69. The molecule has 3 rings (SSSR count). The van der Waals surface area contributed by atoms with Gasteiger partial charge in [0.2, 0.25) is 0 Å². The van der Waals surface area contributed by atoms with Gasteiger partial charge in [0.25, 0.3) is 0 Å². The maximum absolute atomic E-state index is 11.0. The maximum atomic E-state index is 11.0. The number of aliphatic hydroxyl groups is 1. The van der Waals surface area contributed by atoms with Gasteiger partial charge in [0.05, 0.1) is 6.10 Å². The predicted molar refractivity (Wildman–Crippen MR) is 95.6 cm³/mol. The van der Waals surface area contributed by atoms with Crippen LogP contribution in [0.25, 0.3) is 0 Å². The van der Waals surface area contributed by atoms with Crippen molar-refractivity contribution in [3.8, 4) is 0 Å². The number of hydrogen-bond acceptors (Lipinski definition) is 2. The van der Waals surface area contributed by atoms with E-state index in [1.165, 1.54) is 36.8 Å². The molecule has 0 radical (unpaired) electrons. The molecule has 0 bridgehead atoms. The highest BCUT2D eigenvalue weighted by Crippen LogP contribution is 2.30. The molecule has 2 heteroatoms. The standard InChI is InChI=1S/C21H27NO/c23-20(16-19-14-8-3-9-15-22-19)21(17-10-4-1-5-11-17)18-12-6-2-7-13-18/h1-2,4-7,10-13,19-23H,3,8-9,14-16H2. The average Bonchev–Trinajstić information content (AvgIpc) is 2.86. The Labute approximate surface area is 139 Å². The van der Waals surface area contributed by atoms with Crippen LogP contribution in [0.4, 0.5) is 0 Å². The van der Waals surface area contributed by atoms with Crippen molar-refractivity contribution in [2.45, 2.75) is 50.2 Å². The van der Waals surface area contributed by atoms with E-state index in [4.69, 9.17) is 0 Å². The minimum atomic E-state index is -0.365. The molecule has 1 heterocycles. The van der Waals surface area contributed by atoms with Gasteiger partial charge in [0, 0.05) is 12.0 Å². The summed E-state index contributed by atoms with van der Waals surface area (Å²) < 4.78 is 0. The molecule has 2 aromatic rings. The van der Waals surface area contributed by atoms with Gasteiger partial charge in [-0.25, -0.2) is 0 Å². The highest BCUT2D eigenvalue weighted by Gasteiger charge is 2.26. The fraction of sp³-hybridized carbons (Fsp3) is 0.429. The van der Waals surface area contributed by atoms with E-state index in [-0.39, 0.29) is 12.0 Å². The van der Waals surface area contributed by atoms with Crippen molar-refractivity contribution in [3.05, 3.63) is 71.8 Å². The second-order valence-electron chi connectivity index (χ2n) is 6.60. The zero-order chi connectivity index (χ0) is 15.9. The second-order valence-corrected chi connectivity index (χ2v) is 6.60. The lowest BCUT2D eigenvalue weighted by Crippen LogP contribution is -2.34. The summed E-state index contributed by atoms with van der Waals surface area (Å²) in [7, 11) is 0. The molecule has 0 amide bonds. The number of aliphatic hydroxyl groups excluding tert-OH is 1. The summed E-state index contributed by atoms with van der Waals surface area (Å²) in [4.78, 5) is 0. The number of benzene rings is 2. The van der Waals surface area contributed by atoms with Crippen LogP contribution in [0.5, 0.6) is 0 Å². The van der Waals surface area contributed by atoms with Gasteiger partial charge in [0.1, 0.15) is 0 Å². The van der Waals surface area contributed by atoms with Crippen molar-refractivity contribution >= 4 is 0 Å². The molecule has 0 aromatic heterocycles. The van der Waals surface area contributed by atoms with Gasteiger partial charge in [-0.2, -0.15) is 0 Å². The lowest BCUT2D eigenvalue weighted by Gasteiger charge is -2.27. The Morgan fingerprint density at radius 1 is 0.870 bits per heavy atom. The summed E-state index contributed by atoms with van der Waals surface area (Å²) in [6, 6.07) is 21.2. The van der Waals surface area contributed by atoms with Gasteiger partial charge in [-0.3, -0.25) is 0 Å². The van der Waals surface area contributed by atoms with Crippen LogP contribution >= 0.6 is 0 Å². The Morgan fingerprint density at radius 3 is 2.09 bits per heavy atom. The minimum absolute atomic E-state index is 0.0439. The van der Waals surface area contributed by atoms with Crippen LogP contribution in [0.3, 0.4) is 0 Å². The van der Waals surface area contributed by atoms with Crippen molar-refractivity contribution in [1.29, 1.82) is 0 Å². The van der Waals surface area contributed by atoms with Crippen molar-refractivity contribution < 1.29 is 5.11 Å². The molecule has 2 aromatic carbocycles. The normalized spacial score (nSPS) is 20.2. The summed E-state index contributed by atoms with van der Waals surface area (Å²) in [6.45, 7) is 1.08. The topological polar surface area (TPSA) is 32.3 Å². The third-order valence-corrected chi connectivity index (χ3v) is 4.89. The molecular formula is C21H27NO. The first-order valence-corrected chi connectivity index (χ1v) is 8.86. The summed E-state index contributed by atoms with van der Waals surface area (Å²) in [5, 5.41) is 14.6. The first-order chi connectivity index (χ1) is 11.3. The van der Waals surface area contributed by atoms with Crippen LogP contribution < -0.4 is 5.32 Å². The van der Waals surface area contributed by atoms with Crippen LogP contribution in [-0.2, 0) is 0 Å². The molecule has 122 valence electrons. The monoisotopic (exact) mass is 309 g/mol. The highest BCUT2D eigenvalue weighted by molar-refractivity contribution is 5.33. The molecule has 1 saturated heterocycles. The van der Waals surface area contributed by atoms with Crippen molar-refractivity contribution in [2.75, 3.05) is 6.54 Å². The molecular weight excluding hydrogens is 282 g/mol. The Hall–Kier alpha value is -1.64. The van der Waals surface area contributed by atoms with Crippen LogP contribution in [0.1, 0.15) is 49.1 Å². The SMILES string of the molecule is OC(CC1CCCCCN1)C(c1ccccc1)c1ccccc1. The van der Waals surface area contributed by atoms with E-state index in [1.807, 2.05) is 12.1 Å². The van der Waals surface area contributed by atoms with E-state index in [2.05, 4.69) is 53.8 Å². The molecule has 0 aliphatic carbocycles. The Kier molecular flexibility index (Phi) is 5.84. The summed E-state index contributed by atoms with van der Waals surface area (Å²) in [6.07, 6.45) is 5.46. The number of hydrogen-bond donors (Lipinski definition) is 2. The van der Waals surface area contributed by atoms with Crippen LogP contribution in [0, 0.1) is 0 Å². The lowest BCUT2D eigenvalue weighted by molar-refractivity contribution is 0.131. The van der Waals surface area contributed by atoms with Gasteiger partial charge in [-0.15, -0.1) is 0 Å². The smallest absolute Gasteiger partial charge is 0.0664 e. The summed E-state index contributed by atoms with van der Waals surface area (Å²) in [5.41, 5.74) is 2.39. The number of nitrogens with one attached hydrogen (secondary N) is 1. The third-order valence-electron chi connectivity index (χ3n) is 4.89. The largest absolute Gasteiger partial charge is 0.392 e. The Bertz CT molecular complexity index is 521. The molecule has 0 saturated carbocycles. The molecule has 2 nitrogen and oxygen atoms in total. The maximum Gasteiger partial charge on any atom is 0.0664 e. The average molecular weight is 309 g/mol. The summed E-state index contributed by atoms with van der Waals surface area (Å²) in [5.74, 6) is 0.0439.